The normalized spacial score (nSPS) is 18.5. The first kappa shape index (κ1) is 11.1. The molecule has 16 heavy (non-hydrogen) atoms. The molecule has 1 amide bonds. The fourth-order valence-electron chi connectivity index (χ4n) is 2.27. The second-order valence-corrected chi connectivity index (χ2v) is 4.22. The van der Waals surface area contributed by atoms with Crippen molar-refractivity contribution in [3.8, 4) is 0 Å². The van der Waals surface area contributed by atoms with Gasteiger partial charge in [-0.3, -0.25) is 14.7 Å². The molecule has 0 aliphatic carbocycles. The van der Waals surface area contributed by atoms with Gasteiger partial charge in [0.15, 0.2) is 0 Å². The zero-order valence-electron chi connectivity index (χ0n) is 9.30. The van der Waals surface area contributed by atoms with Crippen LogP contribution in [0.15, 0.2) is 24.5 Å². The molecule has 2 rings (SSSR count). The van der Waals surface area contributed by atoms with Gasteiger partial charge in [-0.15, -0.1) is 0 Å². The van der Waals surface area contributed by atoms with Crippen LogP contribution in [0, 0.1) is 0 Å². The molecule has 1 atom stereocenters. The number of hydrogen-bond donors (Lipinski definition) is 1. The minimum absolute atomic E-state index is 0.105. The Morgan fingerprint density at radius 2 is 2.25 bits per heavy atom. The molecule has 1 fully saturated rings. The van der Waals surface area contributed by atoms with Gasteiger partial charge in [-0.05, 0) is 37.6 Å². The van der Waals surface area contributed by atoms with E-state index in [9.17, 15) is 4.79 Å². The highest BCUT2D eigenvalue weighted by molar-refractivity contribution is 5.74. The van der Waals surface area contributed by atoms with Crippen LogP contribution in [0.1, 0.15) is 30.9 Å². The number of hydrogen-bond acceptors (Lipinski definition) is 3. The Balaban J connectivity index is 2.16. The first-order valence-corrected chi connectivity index (χ1v) is 5.69. The van der Waals surface area contributed by atoms with E-state index in [1.54, 1.807) is 6.20 Å². The molecule has 0 aromatic carbocycles. The topological polar surface area (TPSA) is 59.2 Å². The summed E-state index contributed by atoms with van der Waals surface area (Å²) in [5.41, 5.74) is 6.40. The Kier molecular flexibility index (Phi) is 3.51. The number of amides is 1. The van der Waals surface area contributed by atoms with Crippen molar-refractivity contribution in [1.29, 1.82) is 0 Å². The van der Waals surface area contributed by atoms with Crippen LogP contribution >= 0.6 is 0 Å². The third kappa shape index (κ3) is 2.58. The van der Waals surface area contributed by atoms with Crippen molar-refractivity contribution in [3.63, 3.8) is 0 Å². The molecule has 0 saturated carbocycles. The van der Waals surface area contributed by atoms with E-state index in [2.05, 4.69) is 9.88 Å². The highest BCUT2D eigenvalue weighted by atomic mass is 16.1. The molecule has 0 spiro atoms. The highest BCUT2D eigenvalue weighted by Gasteiger charge is 2.24. The quantitative estimate of drug-likeness (QED) is 0.824. The average molecular weight is 219 g/mol. The van der Waals surface area contributed by atoms with E-state index < -0.39 is 0 Å². The average Bonchev–Trinajstić information content (AvgIpc) is 2.80. The fraction of sp³-hybridized carbons (Fsp3) is 0.500. The van der Waals surface area contributed by atoms with Crippen LogP contribution in [0.25, 0.3) is 0 Å². The van der Waals surface area contributed by atoms with Crippen molar-refractivity contribution in [2.75, 3.05) is 13.1 Å². The third-order valence-corrected chi connectivity index (χ3v) is 3.05. The number of carbonyl (C=O) groups is 1. The third-order valence-electron chi connectivity index (χ3n) is 3.05. The number of rotatable bonds is 4. The summed E-state index contributed by atoms with van der Waals surface area (Å²) in [5.74, 6) is -0.249. The monoisotopic (exact) mass is 219 g/mol. The van der Waals surface area contributed by atoms with Gasteiger partial charge in [0.25, 0.3) is 0 Å². The molecule has 4 nitrogen and oxygen atoms in total. The van der Waals surface area contributed by atoms with Crippen LogP contribution in [0.2, 0.25) is 0 Å². The van der Waals surface area contributed by atoms with E-state index in [0.29, 0.717) is 6.42 Å². The summed E-state index contributed by atoms with van der Waals surface area (Å²) in [4.78, 5) is 17.5. The van der Waals surface area contributed by atoms with Gasteiger partial charge in [0.1, 0.15) is 0 Å². The van der Waals surface area contributed by atoms with Crippen molar-refractivity contribution < 1.29 is 4.79 Å². The zero-order chi connectivity index (χ0) is 11.4. The number of nitrogens with zero attached hydrogens (tertiary/aromatic N) is 2. The van der Waals surface area contributed by atoms with Crippen LogP contribution in [-0.4, -0.2) is 28.9 Å². The van der Waals surface area contributed by atoms with Crippen molar-refractivity contribution in [3.05, 3.63) is 30.1 Å². The summed E-state index contributed by atoms with van der Waals surface area (Å²) in [6, 6.07) is 4.02. The minimum atomic E-state index is -0.249. The van der Waals surface area contributed by atoms with Gasteiger partial charge in [0.2, 0.25) is 5.91 Å². The van der Waals surface area contributed by atoms with Crippen molar-refractivity contribution in [2.24, 2.45) is 5.73 Å². The fourth-order valence-corrected chi connectivity index (χ4v) is 2.27. The summed E-state index contributed by atoms with van der Waals surface area (Å²) >= 11 is 0. The molecule has 0 radical (unpaired) electrons. The number of nitrogens with two attached hydrogens (primary N) is 1. The van der Waals surface area contributed by atoms with E-state index in [-0.39, 0.29) is 11.9 Å². The molecule has 86 valence electrons. The Labute approximate surface area is 95.5 Å². The molecule has 0 bridgehead atoms. The minimum Gasteiger partial charge on any atom is -0.370 e. The standard InChI is InChI=1S/C12H17N3O/c13-12(16)8-11(15-6-1-2-7-15)10-4-3-5-14-9-10/h3-5,9,11H,1-2,6-8H2,(H2,13,16). The van der Waals surface area contributed by atoms with Crippen LogP contribution in [0.3, 0.4) is 0 Å². The Morgan fingerprint density at radius 1 is 1.50 bits per heavy atom. The Bertz CT molecular complexity index is 347. The predicted molar refractivity (Wildman–Crippen MR) is 61.6 cm³/mol. The summed E-state index contributed by atoms with van der Waals surface area (Å²) in [6.07, 6.45) is 6.36. The molecule has 1 aliphatic rings. The molecular formula is C12H17N3O. The number of carbonyl (C=O) groups excluding carboxylic acids is 1. The van der Waals surface area contributed by atoms with Gasteiger partial charge in [-0.1, -0.05) is 6.07 Å². The van der Waals surface area contributed by atoms with Crippen molar-refractivity contribution >= 4 is 5.91 Å². The van der Waals surface area contributed by atoms with Crippen molar-refractivity contribution in [1.82, 2.24) is 9.88 Å². The van der Waals surface area contributed by atoms with Crippen LogP contribution in [0.4, 0.5) is 0 Å². The number of aromatic nitrogens is 1. The molecule has 1 unspecified atom stereocenters. The Hall–Kier alpha value is -1.42. The summed E-state index contributed by atoms with van der Waals surface area (Å²) in [5, 5.41) is 0. The molecule has 1 aromatic heterocycles. The van der Waals surface area contributed by atoms with Gasteiger partial charge >= 0.3 is 0 Å². The lowest BCUT2D eigenvalue weighted by atomic mass is 10.0. The second-order valence-electron chi connectivity index (χ2n) is 4.22. The maximum atomic E-state index is 11.1. The highest BCUT2D eigenvalue weighted by Crippen LogP contribution is 2.27. The molecule has 1 aromatic rings. The van der Waals surface area contributed by atoms with E-state index in [1.165, 1.54) is 12.8 Å². The predicted octanol–water partition coefficient (Wildman–Crippen LogP) is 1.09. The van der Waals surface area contributed by atoms with Gasteiger partial charge in [-0.25, -0.2) is 0 Å². The summed E-state index contributed by atoms with van der Waals surface area (Å²) in [6.45, 7) is 2.10. The number of likely N-dealkylation sites (tertiary alicyclic amines) is 1. The van der Waals surface area contributed by atoms with E-state index in [1.807, 2.05) is 18.3 Å². The van der Waals surface area contributed by atoms with E-state index >= 15 is 0 Å². The van der Waals surface area contributed by atoms with E-state index in [4.69, 9.17) is 5.73 Å². The molecule has 1 aliphatic heterocycles. The maximum absolute atomic E-state index is 11.1. The van der Waals surface area contributed by atoms with Crippen LogP contribution in [0.5, 0.6) is 0 Å². The maximum Gasteiger partial charge on any atom is 0.219 e. The van der Waals surface area contributed by atoms with Crippen LogP contribution in [-0.2, 0) is 4.79 Å². The summed E-state index contributed by atoms with van der Waals surface area (Å²) < 4.78 is 0. The largest absolute Gasteiger partial charge is 0.370 e. The molecule has 2 heterocycles. The first-order chi connectivity index (χ1) is 7.77. The van der Waals surface area contributed by atoms with Gasteiger partial charge < -0.3 is 5.73 Å². The van der Waals surface area contributed by atoms with Gasteiger partial charge in [0.05, 0.1) is 0 Å². The lowest BCUT2D eigenvalue weighted by Crippen LogP contribution is -2.29. The molecular weight excluding hydrogens is 202 g/mol. The van der Waals surface area contributed by atoms with Gasteiger partial charge in [-0.2, -0.15) is 0 Å². The lowest BCUT2D eigenvalue weighted by molar-refractivity contribution is -0.119. The molecule has 2 N–H and O–H groups in total. The summed E-state index contributed by atoms with van der Waals surface area (Å²) in [7, 11) is 0. The van der Waals surface area contributed by atoms with Gasteiger partial charge in [0, 0.05) is 24.9 Å². The Morgan fingerprint density at radius 3 is 2.81 bits per heavy atom. The smallest absolute Gasteiger partial charge is 0.219 e. The lowest BCUT2D eigenvalue weighted by Gasteiger charge is -2.26. The molecule has 4 heteroatoms. The first-order valence-electron chi connectivity index (χ1n) is 5.69. The molecule has 1 saturated heterocycles. The van der Waals surface area contributed by atoms with Crippen LogP contribution < -0.4 is 5.73 Å². The SMILES string of the molecule is NC(=O)CC(c1cccnc1)N1CCCC1. The number of primary amides is 1. The second kappa shape index (κ2) is 5.07. The zero-order valence-corrected chi connectivity index (χ0v) is 9.30. The van der Waals surface area contributed by atoms with Crippen molar-refractivity contribution in [2.45, 2.75) is 25.3 Å². The van der Waals surface area contributed by atoms with E-state index in [0.717, 1.165) is 18.7 Å². The number of pyridine rings is 1.